The van der Waals surface area contributed by atoms with Crippen molar-refractivity contribution in [3.05, 3.63) is 16.4 Å². The Bertz CT molecular complexity index is 350. The van der Waals surface area contributed by atoms with Crippen molar-refractivity contribution in [2.45, 2.75) is 52.6 Å². The molecule has 1 heterocycles. The highest BCUT2D eigenvalue weighted by Crippen LogP contribution is 2.19. The zero-order valence-corrected chi connectivity index (χ0v) is 12.8. The predicted octanol–water partition coefficient (Wildman–Crippen LogP) is 3.75. The van der Waals surface area contributed by atoms with Crippen molar-refractivity contribution in [1.29, 1.82) is 0 Å². The van der Waals surface area contributed by atoms with E-state index in [-0.39, 0.29) is 0 Å². The fourth-order valence-corrected chi connectivity index (χ4v) is 2.33. The van der Waals surface area contributed by atoms with E-state index in [1.54, 1.807) is 0 Å². The van der Waals surface area contributed by atoms with Gasteiger partial charge in [0.15, 0.2) is 0 Å². The van der Waals surface area contributed by atoms with Crippen LogP contribution in [0, 0.1) is 6.92 Å². The molecule has 0 bridgehead atoms. The minimum atomic E-state index is 0.776. The van der Waals surface area contributed by atoms with Gasteiger partial charge in [-0.15, -0.1) is 11.6 Å². The van der Waals surface area contributed by atoms with E-state index in [4.69, 9.17) is 23.2 Å². The molecule has 3 nitrogen and oxygen atoms in total. The number of unbranched alkanes of at least 4 members (excludes halogenated alkanes) is 3. The first-order valence-corrected chi connectivity index (χ1v) is 7.60. The maximum atomic E-state index is 6.24. The Labute approximate surface area is 120 Å². The Balaban J connectivity index is 2.26. The summed E-state index contributed by atoms with van der Waals surface area (Å²) < 4.78 is 1.97. The molecule has 1 aromatic heterocycles. The number of alkyl halides is 1. The lowest BCUT2D eigenvalue weighted by Gasteiger charge is -2.07. The number of aromatic nitrogens is 2. The SMILES string of the molecule is CCn1nc(C)c(Cl)c1CNCCCCCCCl. The van der Waals surface area contributed by atoms with Gasteiger partial charge in [-0.05, 0) is 33.2 Å². The maximum Gasteiger partial charge on any atom is 0.0860 e. The molecule has 0 aliphatic heterocycles. The molecule has 104 valence electrons. The van der Waals surface area contributed by atoms with Gasteiger partial charge < -0.3 is 5.32 Å². The Morgan fingerprint density at radius 1 is 1.22 bits per heavy atom. The molecule has 0 amide bonds. The van der Waals surface area contributed by atoms with Crippen LogP contribution in [0.4, 0.5) is 0 Å². The smallest absolute Gasteiger partial charge is 0.0860 e. The highest BCUT2D eigenvalue weighted by Gasteiger charge is 2.11. The number of nitrogens with one attached hydrogen (secondary N) is 1. The molecule has 0 aliphatic rings. The van der Waals surface area contributed by atoms with Crippen molar-refractivity contribution in [2.75, 3.05) is 12.4 Å². The Kier molecular flexibility index (Phi) is 7.71. The molecule has 5 heteroatoms. The van der Waals surface area contributed by atoms with E-state index >= 15 is 0 Å². The average Bonchev–Trinajstić information content (AvgIpc) is 2.65. The summed E-state index contributed by atoms with van der Waals surface area (Å²) in [5, 5.41) is 8.63. The highest BCUT2D eigenvalue weighted by molar-refractivity contribution is 6.31. The molecular weight excluding hydrogens is 269 g/mol. The molecule has 0 spiro atoms. The van der Waals surface area contributed by atoms with Crippen LogP contribution in [-0.2, 0) is 13.1 Å². The van der Waals surface area contributed by atoms with E-state index < -0.39 is 0 Å². The van der Waals surface area contributed by atoms with Crippen molar-refractivity contribution in [1.82, 2.24) is 15.1 Å². The Morgan fingerprint density at radius 2 is 1.94 bits per heavy atom. The fourth-order valence-electron chi connectivity index (χ4n) is 1.94. The first kappa shape index (κ1) is 15.8. The van der Waals surface area contributed by atoms with Crippen LogP contribution in [-0.4, -0.2) is 22.2 Å². The van der Waals surface area contributed by atoms with E-state index in [2.05, 4.69) is 17.3 Å². The van der Waals surface area contributed by atoms with E-state index in [1.807, 2.05) is 11.6 Å². The van der Waals surface area contributed by atoms with Gasteiger partial charge in [-0.2, -0.15) is 5.10 Å². The summed E-state index contributed by atoms with van der Waals surface area (Å²) in [7, 11) is 0. The third-order valence-electron chi connectivity index (χ3n) is 2.98. The van der Waals surface area contributed by atoms with Crippen LogP contribution in [0.25, 0.3) is 0 Å². The average molecular weight is 292 g/mol. The van der Waals surface area contributed by atoms with E-state index in [0.717, 1.165) is 48.3 Å². The molecule has 1 rings (SSSR count). The van der Waals surface area contributed by atoms with Crippen molar-refractivity contribution in [2.24, 2.45) is 0 Å². The maximum absolute atomic E-state index is 6.24. The van der Waals surface area contributed by atoms with Gasteiger partial charge in [-0.3, -0.25) is 4.68 Å². The third kappa shape index (κ3) is 4.79. The number of hydrogen-bond donors (Lipinski definition) is 1. The first-order chi connectivity index (χ1) is 8.70. The molecule has 0 unspecified atom stereocenters. The lowest BCUT2D eigenvalue weighted by atomic mass is 10.2. The summed E-state index contributed by atoms with van der Waals surface area (Å²) in [5.74, 6) is 0.776. The normalized spacial score (nSPS) is 11.1. The van der Waals surface area contributed by atoms with E-state index in [0.29, 0.717) is 0 Å². The minimum Gasteiger partial charge on any atom is -0.311 e. The summed E-state index contributed by atoms with van der Waals surface area (Å²) in [5.41, 5.74) is 2.01. The van der Waals surface area contributed by atoms with Crippen molar-refractivity contribution < 1.29 is 0 Å². The number of halogens is 2. The largest absolute Gasteiger partial charge is 0.311 e. The van der Waals surface area contributed by atoms with Crippen LogP contribution < -0.4 is 5.32 Å². The molecule has 1 N–H and O–H groups in total. The summed E-state index contributed by atoms with van der Waals surface area (Å²) in [6.07, 6.45) is 4.76. The van der Waals surface area contributed by atoms with Crippen LogP contribution in [0.15, 0.2) is 0 Å². The second-order valence-electron chi connectivity index (χ2n) is 4.44. The predicted molar refractivity (Wildman–Crippen MR) is 78.5 cm³/mol. The second kappa shape index (κ2) is 8.78. The van der Waals surface area contributed by atoms with Crippen molar-refractivity contribution in [3.63, 3.8) is 0 Å². The molecule has 0 saturated heterocycles. The lowest BCUT2D eigenvalue weighted by Crippen LogP contribution is -2.18. The monoisotopic (exact) mass is 291 g/mol. The number of hydrogen-bond acceptors (Lipinski definition) is 2. The molecule has 0 aromatic carbocycles. The molecule has 0 aliphatic carbocycles. The topological polar surface area (TPSA) is 29.9 Å². The second-order valence-corrected chi connectivity index (χ2v) is 5.20. The van der Waals surface area contributed by atoms with Crippen molar-refractivity contribution >= 4 is 23.2 Å². The first-order valence-electron chi connectivity index (χ1n) is 6.69. The number of nitrogens with zero attached hydrogens (tertiary/aromatic N) is 2. The van der Waals surface area contributed by atoms with Gasteiger partial charge in [0.05, 0.1) is 16.4 Å². The van der Waals surface area contributed by atoms with E-state index in [1.165, 1.54) is 19.3 Å². The Hall–Kier alpha value is -0.250. The lowest BCUT2D eigenvalue weighted by molar-refractivity contribution is 0.557. The highest BCUT2D eigenvalue weighted by atomic mass is 35.5. The summed E-state index contributed by atoms with van der Waals surface area (Å²) in [6.45, 7) is 6.71. The summed E-state index contributed by atoms with van der Waals surface area (Å²) >= 11 is 11.9. The van der Waals surface area contributed by atoms with Gasteiger partial charge in [0.2, 0.25) is 0 Å². The van der Waals surface area contributed by atoms with Crippen LogP contribution >= 0.6 is 23.2 Å². The van der Waals surface area contributed by atoms with Crippen LogP contribution in [0.1, 0.15) is 44.0 Å². The molecule has 0 saturated carbocycles. The quantitative estimate of drug-likeness (QED) is 0.555. The number of rotatable bonds is 9. The van der Waals surface area contributed by atoms with Gasteiger partial charge in [0, 0.05) is 19.0 Å². The Morgan fingerprint density at radius 3 is 2.61 bits per heavy atom. The molecule has 0 atom stereocenters. The molecule has 0 fully saturated rings. The van der Waals surface area contributed by atoms with Crippen LogP contribution in [0.5, 0.6) is 0 Å². The van der Waals surface area contributed by atoms with Gasteiger partial charge in [0.25, 0.3) is 0 Å². The van der Waals surface area contributed by atoms with Crippen LogP contribution in [0.2, 0.25) is 5.02 Å². The zero-order valence-electron chi connectivity index (χ0n) is 11.3. The summed E-state index contributed by atoms with van der Waals surface area (Å²) in [6, 6.07) is 0. The molecular formula is C13H23Cl2N3. The van der Waals surface area contributed by atoms with Gasteiger partial charge in [-0.25, -0.2) is 0 Å². The third-order valence-corrected chi connectivity index (χ3v) is 3.74. The van der Waals surface area contributed by atoms with Gasteiger partial charge >= 0.3 is 0 Å². The summed E-state index contributed by atoms with van der Waals surface area (Å²) in [4.78, 5) is 0. The van der Waals surface area contributed by atoms with Gasteiger partial charge in [-0.1, -0.05) is 24.4 Å². The van der Waals surface area contributed by atoms with Crippen molar-refractivity contribution in [3.8, 4) is 0 Å². The molecule has 0 radical (unpaired) electrons. The standard InChI is InChI=1S/C13H23Cl2N3/c1-3-18-12(13(15)11(2)17-18)10-16-9-7-5-4-6-8-14/h16H,3-10H2,1-2H3. The zero-order chi connectivity index (χ0) is 13.4. The fraction of sp³-hybridized carbons (Fsp3) is 0.769. The molecule has 18 heavy (non-hydrogen) atoms. The molecule has 1 aromatic rings. The van der Waals surface area contributed by atoms with Crippen LogP contribution in [0.3, 0.4) is 0 Å². The van der Waals surface area contributed by atoms with Gasteiger partial charge in [0.1, 0.15) is 0 Å². The minimum absolute atomic E-state index is 0.776. The van der Waals surface area contributed by atoms with E-state index in [9.17, 15) is 0 Å². The number of aryl methyl sites for hydroxylation is 2.